The summed E-state index contributed by atoms with van der Waals surface area (Å²) in [5.41, 5.74) is 10.5. The number of nitrogens with zero attached hydrogens (tertiary/aromatic N) is 2. The van der Waals surface area contributed by atoms with Crippen LogP contribution in [-0.4, -0.2) is 16.7 Å². The number of imidazole rings is 1. The maximum absolute atomic E-state index is 6.06. The van der Waals surface area contributed by atoms with Crippen LogP contribution in [0.1, 0.15) is 11.1 Å². The fraction of sp³-hybridized carbons (Fsp3) is 0.235. The first kappa shape index (κ1) is 13.5. The van der Waals surface area contributed by atoms with E-state index in [1.807, 2.05) is 18.2 Å². The number of rotatable bonds is 4. The zero-order valence-electron chi connectivity index (χ0n) is 12.3. The maximum atomic E-state index is 6.06. The van der Waals surface area contributed by atoms with Crippen LogP contribution >= 0.6 is 0 Å². The monoisotopic (exact) mass is 281 g/mol. The zero-order chi connectivity index (χ0) is 14.8. The number of benzene rings is 2. The summed E-state index contributed by atoms with van der Waals surface area (Å²) in [5, 5.41) is 0. The molecule has 108 valence electrons. The van der Waals surface area contributed by atoms with Gasteiger partial charge < -0.3 is 15.0 Å². The molecule has 0 bridgehead atoms. The number of aromatic nitrogens is 2. The van der Waals surface area contributed by atoms with Crippen LogP contribution in [0.5, 0.6) is 5.75 Å². The third-order valence-electron chi connectivity index (χ3n) is 3.73. The molecule has 0 aliphatic rings. The highest BCUT2D eigenvalue weighted by atomic mass is 16.5. The van der Waals surface area contributed by atoms with E-state index in [2.05, 4.69) is 40.7 Å². The predicted molar refractivity (Wildman–Crippen MR) is 85.6 cm³/mol. The van der Waals surface area contributed by atoms with Gasteiger partial charge in [0.15, 0.2) is 0 Å². The average molecular weight is 281 g/mol. The lowest BCUT2D eigenvalue weighted by molar-refractivity contribution is 0.408. The molecule has 21 heavy (non-hydrogen) atoms. The molecule has 2 aromatic carbocycles. The van der Waals surface area contributed by atoms with Gasteiger partial charge in [-0.2, -0.15) is 0 Å². The molecule has 4 heteroatoms. The highest BCUT2D eigenvalue weighted by molar-refractivity contribution is 5.79. The molecule has 0 aliphatic heterocycles. The summed E-state index contributed by atoms with van der Waals surface area (Å²) in [6.45, 7) is 2.84. The van der Waals surface area contributed by atoms with E-state index < -0.39 is 0 Å². The van der Waals surface area contributed by atoms with Crippen molar-refractivity contribution in [3.63, 3.8) is 0 Å². The highest BCUT2D eigenvalue weighted by Gasteiger charge is 2.09. The first-order valence-corrected chi connectivity index (χ1v) is 7.03. The molecular formula is C17H19N3O. The second-order valence-electron chi connectivity index (χ2n) is 5.18. The van der Waals surface area contributed by atoms with Crippen molar-refractivity contribution in [2.45, 2.75) is 19.9 Å². The van der Waals surface area contributed by atoms with Crippen LogP contribution in [0, 0.1) is 6.92 Å². The minimum Gasteiger partial charge on any atom is -0.496 e. The van der Waals surface area contributed by atoms with Crippen molar-refractivity contribution in [2.75, 3.05) is 12.8 Å². The maximum Gasteiger partial charge on any atom is 0.201 e. The van der Waals surface area contributed by atoms with E-state index in [1.165, 1.54) is 11.1 Å². The van der Waals surface area contributed by atoms with Crippen LogP contribution in [0.15, 0.2) is 42.5 Å². The Balaban J connectivity index is 1.90. The molecule has 3 aromatic rings. The van der Waals surface area contributed by atoms with Gasteiger partial charge >= 0.3 is 0 Å². The van der Waals surface area contributed by atoms with Crippen molar-refractivity contribution in [1.82, 2.24) is 9.55 Å². The first-order valence-electron chi connectivity index (χ1n) is 7.03. The molecule has 1 heterocycles. The van der Waals surface area contributed by atoms with Crippen LogP contribution in [-0.2, 0) is 13.0 Å². The Morgan fingerprint density at radius 2 is 2.00 bits per heavy atom. The molecule has 2 N–H and O–H groups in total. The fourth-order valence-corrected chi connectivity index (χ4v) is 2.64. The Labute approximate surface area is 124 Å². The molecule has 0 aliphatic carbocycles. The second-order valence-corrected chi connectivity index (χ2v) is 5.18. The van der Waals surface area contributed by atoms with Crippen LogP contribution in [0.4, 0.5) is 5.95 Å². The topological polar surface area (TPSA) is 53.1 Å². The third-order valence-corrected chi connectivity index (χ3v) is 3.73. The lowest BCUT2D eigenvalue weighted by atomic mass is 10.1. The van der Waals surface area contributed by atoms with Gasteiger partial charge in [0.05, 0.1) is 18.1 Å². The van der Waals surface area contributed by atoms with Gasteiger partial charge in [-0.3, -0.25) is 0 Å². The summed E-state index contributed by atoms with van der Waals surface area (Å²) < 4.78 is 7.45. The number of hydrogen-bond acceptors (Lipinski definition) is 3. The molecule has 0 radical (unpaired) electrons. The van der Waals surface area contributed by atoms with Crippen LogP contribution in [0.3, 0.4) is 0 Å². The predicted octanol–water partition coefficient (Wildman–Crippen LogP) is 3.18. The Morgan fingerprint density at radius 3 is 2.81 bits per heavy atom. The van der Waals surface area contributed by atoms with E-state index in [4.69, 9.17) is 10.5 Å². The van der Waals surface area contributed by atoms with Crippen molar-refractivity contribution in [3.05, 3.63) is 53.6 Å². The van der Waals surface area contributed by atoms with E-state index in [1.54, 1.807) is 7.11 Å². The summed E-state index contributed by atoms with van der Waals surface area (Å²) in [5.74, 6) is 1.47. The molecular weight excluding hydrogens is 262 g/mol. The van der Waals surface area contributed by atoms with Crippen LogP contribution in [0.2, 0.25) is 0 Å². The molecule has 0 fully saturated rings. The van der Waals surface area contributed by atoms with Crippen LogP contribution in [0.25, 0.3) is 11.0 Å². The lowest BCUT2D eigenvalue weighted by Gasteiger charge is -2.10. The standard InChI is InChI=1S/C17H19N3O/c1-12-7-8-15-14(11-12)19-17(18)20(15)10-9-13-5-3-4-6-16(13)21-2/h3-8,11H,9-10H2,1-2H3,(H2,18,19). The van der Waals surface area contributed by atoms with Gasteiger partial charge in [-0.15, -0.1) is 0 Å². The Bertz CT molecular complexity index is 777. The number of anilines is 1. The van der Waals surface area contributed by atoms with Crippen molar-refractivity contribution in [3.8, 4) is 5.75 Å². The molecule has 4 nitrogen and oxygen atoms in total. The molecule has 3 rings (SSSR count). The molecule has 0 saturated carbocycles. The van der Waals surface area contributed by atoms with Gasteiger partial charge in [0.2, 0.25) is 5.95 Å². The van der Waals surface area contributed by atoms with Gasteiger partial charge in [-0.25, -0.2) is 4.98 Å². The highest BCUT2D eigenvalue weighted by Crippen LogP contribution is 2.22. The quantitative estimate of drug-likeness (QED) is 0.799. The minimum atomic E-state index is 0.561. The molecule has 0 saturated heterocycles. The zero-order valence-corrected chi connectivity index (χ0v) is 12.3. The molecule has 0 unspecified atom stereocenters. The van der Waals surface area contributed by atoms with Crippen molar-refractivity contribution in [1.29, 1.82) is 0 Å². The summed E-state index contributed by atoms with van der Waals surface area (Å²) in [4.78, 5) is 4.44. The summed E-state index contributed by atoms with van der Waals surface area (Å²) in [6, 6.07) is 14.3. The minimum absolute atomic E-state index is 0.561. The van der Waals surface area contributed by atoms with Gasteiger partial charge in [0.1, 0.15) is 5.75 Å². The summed E-state index contributed by atoms with van der Waals surface area (Å²) in [6.07, 6.45) is 0.855. The SMILES string of the molecule is COc1ccccc1CCn1c(N)nc2cc(C)ccc21. The average Bonchev–Trinajstić information content (AvgIpc) is 2.80. The number of para-hydroxylation sites is 1. The smallest absolute Gasteiger partial charge is 0.201 e. The van der Waals surface area contributed by atoms with Gasteiger partial charge in [0, 0.05) is 6.54 Å². The fourth-order valence-electron chi connectivity index (χ4n) is 2.64. The number of methoxy groups -OCH3 is 1. The Hall–Kier alpha value is -2.49. The molecule has 1 aromatic heterocycles. The van der Waals surface area contributed by atoms with Crippen molar-refractivity contribution < 1.29 is 4.74 Å². The first-order chi connectivity index (χ1) is 10.2. The second kappa shape index (κ2) is 5.48. The van der Waals surface area contributed by atoms with E-state index in [-0.39, 0.29) is 0 Å². The number of fused-ring (bicyclic) bond motifs is 1. The Morgan fingerprint density at radius 1 is 1.19 bits per heavy atom. The largest absolute Gasteiger partial charge is 0.496 e. The number of ether oxygens (including phenoxy) is 1. The Kier molecular flexibility index (Phi) is 3.52. The van der Waals surface area contributed by atoms with Gasteiger partial charge in [-0.1, -0.05) is 24.3 Å². The third kappa shape index (κ3) is 2.57. The lowest BCUT2D eigenvalue weighted by Crippen LogP contribution is -2.06. The van der Waals surface area contributed by atoms with E-state index >= 15 is 0 Å². The number of aryl methyl sites for hydroxylation is 3. The van der Waals surface area contributed by atoms with E-state index in [0.29, 0.717) is 5.95 Å². The number of nitrogen functional groups attached to an aromatic ring is 1. The van der Waals surface area contributed by atoms with Crippen molar-refractivity contribution in [2.24, 2.45) is 0 Å². The number of nitrogens with two attached hydrogens (primary N) is 1. The normalized spacial score (nSPS) is 11.0. The number of hydrogen-bond donors (Lipinski definition) is 1. The molecule has 0 amide bonds. The summed E-state index contributed by atoms with van der Waals surface area (Å²) >= 11 is 0. The molecule has 0 atom stereocenters. The van der Waals surface area contributed by atoms with Gasteiger partial charge in [0.25, 0.3) is 0 Å². The summed E-state index contributed by atoms with van der Waals surface area (Å²) in [7, 11) is 1.70. The van der Waals surface area contributed by atoms with E-state index in [9.17, 15) is 0 Å². The molecule has 0 spiro atoms. The van der Waals surface area contributed by atoms with Crippen LogP contribution < -0.4 is 10.5 Å². The van der Waals surface area contributed by atoms with Gasteiger partial charge in [-0.05, 0) is 42.7 Å². The van der Waals surface area contributed by atoms with E-state index in [0.717, 1.165) is 29.7 Å². The van der Waals surface area contributed by atoms with Crippen molar-refractivity contribution >= 4 is 17.0 Å².